The maximum absolute atomic E-state index is 11.5. The van der Waals surface area contributed by atoms with Crippen LogP contribution < -0.4 is 11.1 Å². The molecular weight excluding hydrogens is 232 g/mol. The second-order valence-electron chi connectivity index (χ2n) is 5.67. The number of alkyl carbamates (subject to hydrolysis) is 1. The van der Waals surface area contributed by atoms with Crippen LogP contribution in [0.1, 0.15) is 33.6 Å². The Balaban J connectivity index is 2.42. The molecule has 1 rings (SSSR count). The van der Waals surface area contributed by atoms with E-state index in [1.54, 1.807) is 20.8 Å². The van der Waals surface area contributed by atoms with Crippen molar-refractivity contribution in [3.05, 3.63) is 0 Å². The first kappa shape index (κ1) is 14.8. The number of hydrogen-bond acceptors (Lipinski definition) is 4. The van der Waals surface area contributed by atoms with Crippen molar-refractivity contribution in [2.75, 3.05) is 19.6 Å². The van der Waals surface area contributed by atoms with E-state index >= 15 is 0 Å². The third-order valence-electron chi connectivity index (χ3n) is 2.79. The fourth-order valence-corrected chi connectivity index (χ4v) is 1.94. The fraction of sp³-hybridized carbons (Fsp3) is 0.833. The summed E-state index contributed by atoms with van der Waals surface area (Å²) in [5.74, 6) is 0.502. The maximum Gasteiger partial charge on any atom is 0.414 e. The number of rotatable bonds is 1. The van der Waals surface area contributed by atoms with Crippen molar-refractivity contribution in [3.8, 4) is 0 Å². The summed E-state index contributed by atoms with van der Waals surface area (Å²) in [6.07, 6.45) is 1.51. The van der Waals surface area contributed by atoms with Crippen LogP contribution in [0.25, 0.3) is 0 Å². The average molecular weight is 256 g/mol. The molecule has 1 saturated heterocycles. The molecule has 0 saturated carbocycles. The highest BCUT2D eigenvalue weighted by Gasteiger charge is 2.23. The van der Waals surface area contributed by atoms with Gasteiger partial charge in [0.05, 0.1) is 0 Å². The summed E-state index contributed by atoms with van der Waals surface area (Å²) in [5.41, 5.74) is 5.09. The van der Waals surface area contributed by atoms with Crippen LogP contribution >= 0.6 is 0 Å². The molecule has 0 aromatic heterocycles. The number of guanidine groups is 1. The van der Waals surface area contributed by atoms with Gasteiger partial charge in [-0.05, 0) is 46.1 Å². The summed E-state index contributed by atoms with van der Waals surface area (Å²) >= 11 is 0. The van der Waals surface area contributed by atoms with Gasteiger partial charge in [0.1, 0.15) is 5.60 Å². The van der Waals surface area contributed by atoms with Crippen molar-refractivity contribution >= 4 is 12.1 Å². The lowest BCUT2D eigenvalue weighted by Crippen LogP contribution is -2.49. The summed E-state index contributed by atoms with van der Waals surface area (Å²) in [6, 6.07) is 0. The lowest BCUT2D eigenvalue weighted by atomic mass is 9.99. The number of piperidine rings is 1. The monoisotopic (exact) mass is 256 g/mol. The minimum atomic E-state index is -0.581. The zero-order chi connectivity index (χ0) is 13.8. The fourth-order valence-electron chi connectivity index (χ4n) is 1.94. The van der Waals surface area contributed by atoms with Crippen LogP contribution in [-0.2, 0) is 4.74 Å². The third kappa shape index (κ3) is 4.91. The van der Waals surface area contributed by atoms with E-state index in [0.717, 1.165) is 25.9 Å². The summed E-state index contributed by atoms with van der Waals surface area (Å²) < 4.78 is 5.11. The molecule has 1 atom stereocenters. The van der Waals surface area contributed by atoms with E-state index in [1.807, 2.05) is 4.90 Å². The topological polar surface area (TPSA) is 91.4 Å². The van der Waals surface area contributed by atoms with Crippen LogP contribution in [0.5, 0.6) is 0 Å². The molecule has 1 aliphatic heterocycles. The molecule has 1 heterocycles. The molecule has 0 aliphatic carbocycles. The summed E-state index contributed by atoms with van der Waals surface area (Å²) in [6.45, 7) is 7.51. The normalized spacial score (nSPS) is 20.4. The third-order valence-corrected chi connectivity index (χ3v) is 2.79. The van der Waals surface area contributed by atoms with Crippen molar-refractivity contribution in [2.24, 2.45) is 11.7 Å². The smallest absolute Gasteiger partial charge is 0.414 e. The first-order valence-corrected chi connectivity index (χ1v) is 6.35. The molecule has 0 bridgehead atoms. The molecule has 4 N–H and O–H groups in total. The Morgan fingerprint density at radius 1 is 1.56 bits per heavy atom. The summed E-state index contributed by atoms with van der Waals surface area (Å²) in [5, 5.41) is 10.3. The molecule has 104 valence electrons. The van der Waals surface area contributed by atoms with Gasteiger partial charge in [0.2, 0.25) is 5.96 Å². The standard InChI is InChI=1S/C12H24N4O2/c1-12(2,3)18-11(17)15-10(14)16-6-4-5-9(7-13)8-16/h9H,4-8,13H2,1-3H3,(H2,14,15,17). The Bertz CT molecular complexity index is 312. The van der Waals surface area contributed by atoms with Gasteiger partial charge in [-0.25, -0.2) is 4.79 Å². The van der Waals surface area contributed by atoms with E-state index in [0.29, 0.717) is 12.5 Å². The van der Waals surface area contributed by atoms with E-state index in [-0.39, 0.29) is 5.96 Å². The van der Waals surface area contributed by atoms with Crippen molar-refractivity contribution in [3.63, 3.8) is 0 Å². The Labute approximate surface area is 108 Å². The molecule has 18 heavy (non-hydrogen) atoms. The first-order valence-electron chi connectivity index (χ1n) is 6.35. The summed E-state index contributed by atoms with van der Waals surface area (Å²) in [4.78, 5) is 13.4. The molecule has 1 amide bonds. The highest BCUT2D eigenvalue weighted by atomic mass is 16.6. The van der Waals surface area contributed by atoms with Gasteiger partial charge in [0, 0.05) is 13.1 Å². The van der Waals surface area contributed by atoms with Crippen LogP contribution in [-0.4, -0.2) is 42.2 Å². The molecule has 6 nitrogen and oxygen atoms in total. The van der Waals surface area contributed by atoms with Crippen molar-refractivity contribution in [1.82, 2.24) is 10.2 Å². The predicted molar refractivity (Wildman–Crippen MR) is 70.4 cm³/mol. The van der Waals surface area contributed by atoms with E-state index in [4.69, 9.17) is 15.9 Å². The minimum absolute atomic E-state index is 0.0994. The van der Waals surface area contributed by atoms with Crippen LogP contribution in [0.4, 0.5) is 4.79 Å². The lowest BCUT2D eigenvalue weighted by molar-refractivity contribution is 0.0553. The quantitative estimate of drug-likeness (QED) is 0.484. The lowest BCUT2D eigenvalue weighted by Gasteiger charge is -2.33. The predicted octanol–water partition coefficient (Wildman–Crippen LogP) is 1.12. The van der Waals surface area contributed by atoms with Gasteiger partial charge in [-0.3, -0.25) is 10.7 Å². The van der Waals surface area contributed by atoms with Crippen LogP contribution in [0.15, 0.2) is 0 Å². The molecule has 6 heteroatoms. The molecule has 0 spiro atoms. The Morgan fingerprint density at radius 3 is 2.78 bits per heavy atom. The number of carbonyl (C=O) groups is 1. The summed E-state index contributed by atoms with van der Waals surface area (Å²) in [7, 11) is 0. The molecule has 1 fully saturated rings. The number of ether oxygens (including phenoxy) is 1. The van der Waals surface area contributed by atoms with Gasteiger partial charge in [-0.15, -0.1) is 0 Å². The number of nitrogens with two attached hydrogens (primary N) is 1. The SMILES string of the molecule is CC(C)(C)OC(=O)NC(=N)N1CCCC(CN)C1. The van der Waals surface area contributed by atoms with E-state index in [2.05, 4.69) is 5.32 Å². The van der Waals surface area contributed by atoms with Crippen molar-refractivity contribution in [2.45, 2.75) is 39.2 Å². The van der Waals surface area contributed by atoms with Crippen LogP contribution in [0.2, 0.25) is 0 Å². The van der Waals surface area contributed by atoms with Gasteiger partial charge in [-0.2, -0.15) is 0 Å². The molecular formula is C12H24N4O2. The second-order valence-corrected chi connectivity index (χ2v) is 5.67. The molecule has 0 aromatic rings. The highest BCUT2D eigenvalue weighted by Crippen LogP contribution is 2.15. The average Bonchev–Trinajstić information content (AvgIpc) is 2.26. The number of likely N-dealkylation sites (tertiary alicyclic amines) is 1. The van der Waals surface area contributed by atoms with Crippen LogP contribution in [0.3, 0.4) is 0 Å². The second kappa shape index (κ2) is 6.04. The number of carbonyl (C=O) groups excluding carboxylic acids is 1. The maximum atomic E-state index is 11.5. The highest BCUT2D eigenvalue weighted by molar-refractivity contribution is 5.92. The van der Waals surface area contributed by atoms with Gasteiger partial charge in [0.25, 0.3) is 0 Å². The number of nitrogens with one attached hydrogen (secondary N) is 2. The van der Waals surface area contributed by atoms with Crippen molar-refractivity contribution in [1.29, 1.82) is 5.41 Å². The number of amides is 1. The Kier molecular flexibility index (Phi) is 4.95. The molecule has 1 unspecified atom stereocenters. The van der Waals surface area contributed by atoms with Gasteiger partial charge >= 0.3 is 6.09 Å². The van der Waals surface area contributed by atoms with Gasteiger partial charge < -0.3 is 15.4 Å². The molecule has 0 radical (unpaired) electrons. The first-order chi connectivity index (χ1) is 8.31. The van der Waals surface area contributed by atoms with E-state index in [9.17, 15) is 4.79 Å². The Morgan fingerprint density at radius 2 is 2.22 bits per heavy atom. The zero-order valence-corrected chi connectivity index (χ0v) is 11.5. The number of hydrogen-bond donors (Lipinski definition) is 3. The molecule has 1 aliphatic rings. The van der Waals surface area contributed by atoms with Crippen LogP contribution in [0, 0.1) is 11.3 Å². The van der Waals surface area contributed by atoms with Crippen molar-refractivity contribution < 1.29 is 9.53 Å². The largest absolute Gasteiger partial charge is 0.444 e. The Hall–Kier alpha value is -1.30. The zero-order valence-electron chi connectivity index (χ0n) is 11.5. The molecule has 0 aromatic carbocycles. The van der Waals surface area contributed by atoms with Gasteiger partial charge in [0.15, 0.2) is 0 Å². The minimum Gasteiger partial charge on any atom is -0.444 e. The van der Waals surface area contributed by atoms with E-state index in [1.165, 1.54) is 0 Å². The van der Waals surface area contributed by atoms with Gasteiger partial charge in [-0.1, -0.05) is 0 Å². The van der Waals surface area contributed by atoms with E-state index < -0.39 is 11.7 Å². The number of nitrogens with zero attached hydrogens (tertiary/aromatic N) is 1.